The van der Waals surface area contributed by atoms with E-state index < -0.39 is 11.8 Å². The number of nitrogens with one attached hydrogen (secondary N) is 1. The first kappa shape index (κ1) is 19.3. The Morgan fingerprint density at radius 3 is 2.74 bits per heavy atom. The van der Waals surface area contributed by atoms with Gasteiger partial charge < -0.3 is 4.90 Å². The van der Waals surface area contributed by atoms with Crippen molar-refractivity contribution in [2.24, 2.45) is 0 Å². The van der Waals surface area contributed by atoms with E-state index in [0.29, 0.717) is 5.92 Å². The minimum absolute atomic E-state index is 0.0857. The molecule has 0 bridgehead atoms. The highest BCUT2D eigenvalue weighted by Crippen LogP contribution is 2.42. The lowest BCUT2D eigenvalue weighted by molar-refractivity contribution is -0.128. The molecule has 6 heteroatoms. The second-order valence-electron chi connectivity index (χ2n) is 7.82. The number of fused-ring (bicyclic) bond motifs is 1. The summed E-state index contributed by atoms with van der Waals surface area (Å²) >= 11 is 5.09. The highest BCUT2D eigenvalue weighted by Gasteiger charge is 2.35. The second kappa shape index (κ2) is 6.93. The van der Waals surface area contributed by atoms with Crippen molar-refractivity contribution < 1.29 is 9.59 Å². The molecule has 2 heterocycles. The van der Waals surface area contributed by atoms with Crippen LogP contribution in [0.25, 0.3) is 6.08 Å². The standard InChI is InChI=1S/C21H25N3O2S/c1-6-9-24-19(26)16(18(25)22-20(24)27)11-14-7-8-17-15(10-14)13(2)12-21(3,4)23(17)5/h6-8,10-11,13H,1,9,12H2,2-5H3,(H,22,25,27)/b16-11+. The molecule has 1 aromatic carbocycles. The Morgan fingerprint density at radius 1 is 1.37 bits per heavy atom. The van der Waals surface area contributed by atoms with Gasteiger partial charge in [0.15, 0.2) is 5.11 Å². The molecule has 5 nitrogen and oxygen atoms in total. The number of benzene rings is 1. The average molecular weight is 384 g/mol. The normalized spacial score (nSPS) is 23.3. The molecule has 142 valence electrons. The fourth-order valence-corrected chi connectivity index (χ4v) is 4.09. The van der Waals surface area contributed by atoms with Gasteiger partial charge in [-0.2, -0.15) is 0 Å². The largest absolute Gasteiger partial charge is 0.369 e. The first-order chi connectivity index (χ1) is 12.7. The van der Waals surface area contributed by atoms with Crippen molar-refractivity contribution in [1.29, 1.82) is 0 Å². The van der Waals surface area contributed by atoms with E-state index >= 15 is 0 Å². The molecule has 2 amide bonds. The quantitative estimate of drug-likeness (QED) is 0.377. The van der Waals surface area contributed by atoms with Crippen LogP contribution >= 0.6 is 12.2 Å². The van der Waals surface area contributed by atoms with Crippen LogP contribution in [-0.4, -0.2) is 41.0 Å². The molecule has 1 aromatic rings. The molecule has 1 fully saturated rings. The molecule has 27 heavy (non-hydrogen) atoms. The summed E-state index contributed by atoms with van der Waals surface area (Å²) in [7, 11) is 2.11. The zero-order valence-corrected chi connectivity index (χ0v) is 17.0. The number of anilines is 1. The Labute approximate surface area is 165 Å². The molecule has 0 aliphatic carbocycles. The van der Waals surface area contributed by atoms with Crippen LogP contribution in [0.2, 0.25) is 0 Å². The fraction of sp³-hybridized carbons (Fsp3) is 0.381. The van der Waals surface area contributed by atoms with Crippen LogP contribution in [0.5, 0.6) is 0 Å². The molecule has 1 unspecified atom stereocenters. The summed E-state index contributed by atoms with van der Waals surface area (Å²) in [5.74, 6) is -0.465. The van der Waals surface area contributed by atoms with Gasteiger partial charge in [0.25, 0.3) is 11.8 Å². The number of thiocarbonyl (C=S) groups is 1. The monoisotopic (exact) mass is 383 g/mol. The molecular weight excluding hydrogens is 358 g/mol. The third-order valence-corrected chi connectivity index (χ3v) is 5.79. The maximum atomic E-state index is 12.7. The molecule has 1 atom stereocenters. The van der Waals surface area contributed by atoms with Crippen molar-refractivity contribution in [3.05, 3.63) is 47.6 Å². The van der Waals surface area contributed by atoms with Gasteiger partial charge in [0.05, 0.1) is 0 Å². The van der Waals surface area contributed by atoms with Gasteiger partial charge in [-0.25, -0.2) is 0 Å². The minimum Gasteiger partial charge on any atom is -0.369 e. The third kappa shape index (κ3) is 3.41. The SMILES string of the molecule is C=CCN1C(=O)/C(=C/c2ccc3c(c2)C(C)CC(C)(C)N3C)C(=O)NC1=S. The summed E-state index contributed by atoms with van der Waals surface area (Å²) in [6.45, 7) is 10.6. The number of hydrogen-bond acceptors (Lipinski definition) is 4. The lowest BCUT2D eigenvalue weighted by Gasteiger charge is -2.45. The Bertz CT molecular complexity index is 872. The van der Waals surface area contributed by atoms with E-state index in [0.717, 1.165) is 12.0 Å². The van der Waals surface area contributed by atoms with Crippen LogP contribution in [0.3, 0.4) is 0 Å². The number of nitrogens with zero attached hydrogens (tertiary/aromatic N) is 2. The van der Waals surface area contributed by atoms with Crippen molar-refractivity contribution in [3.8, 4) is 0 Å². The zero-order valence-electron chi connectivity index (χ0n) is 16.2. The molecule has 2 aliphatic rings. The van der Waals surface area contributed by atoms with Gasteiger partial charge in [-0.15, -0.1) is 6.58 Å². The maximum absolute atomic E-state index is 12.7. The van der Waals surface area contributed by atoms with Crippen molar-refractivity contribution in [2.75, 3.05) is 18.5 Å². The Morgan fingerprint density at radius 2 is 2.07 bits per heavy atom. The first-order valence-corrected chi connectivity index (χ1v) is 9.44. The van der Waals surface area contributed by atoms with Gasteiger partial charge >= 0.3 is 0 Å². The van der Waals surface area contributed by atoms with Crippen molar-refractivity contribution in [1.82, 2.24) is 10.2 Å². The number of carbonyl (C=O) groups is 2. The van der Waals surface area contributed by atoms with Crippen LogP contribution in [-0.2, 0) is 9.59 Å². The Kier molecular flexibility index (Phi) is 4.95. The van der Waals surface area contributed by atoms with Gasteiger partial charge in [-0.1, -0.05) is 19.1 Å². The summed E-state index contributed by atoms with van der Waals surface area (Å²) in [6, 6.07) is 6.09. The van der Waals surface area contributed by atoms with Crippen molar-refractivity contribution >= 4 is 40.9 Å². The van der Waals surface area contributed by atoms with E-state index in [4.69, 9.17) is 12.2 Å². The molecule has 0 spiro atoms. The molecule has 1 N–H and O–H groups in total. The number of hydrogen-bond donors (Lipinski definition) is 1. The lowest BCUT2D eigenvalue weighted by Crippen LogP contribution is -2.53. The van der Waals surface area contributed by atoms with Crippen LogP contribution in [0.1, 0.15) is 44.2 Å². The van der Waals surface area contributed by atoms with E-state index in [2.05, 4.69) is 56.7 Å². The van der Waals surface area contributed by atoms with E-state index in [1.165, 1.54) is 16.2 Å². The summed E-state index contributed by atoms with van der Waals surface area (Å²) < 4.78 is 0. The average Bonchev–Trinajstić information content (AvgIpc) is 2.60. The molecule has 3 rings (SSSR count). The number of rotatable bonds is 3. The summed E-state index contributed by atoms with van der Waals surface area (Å²) in [6.07, 6.45) is 4.26. The van der Waals surface area contributed by atoms with Crippen molar-refractivity contribution in [2.45, 2.75) is 38.6 Å². The zero-order chi connectivity index (χ0) is 19.9. The highest BCUT2D eigenvalue weighted by molar-refractivity contribution is 7.80. The number of carbonyl (C=O) groups excluding carboxylic acids is 2. The molecular formula is C21H25N3O2S. The predicted octanol–water partition coefficient (Wildman–Crippen LogP) is 3.22. The summed E-state index contributed by atoms with van der Waals surface area (Å²) in [5, 5.41) is 2.69. The van der Waals surface area contributed by atoms with E-state index in [1.54, 1.807) is 12.2 Å². The van der Waals surface area contributed by atoms with Gasteiger partial charge in [-0.05, 0) is 67.7 Å². The van der Waals surface area contributed by atoms with E-state index in [-0.39, 0.29) is 22.8 Å². The topological polar surface area (TPSA) is 52.7 Å². The summed E-state index contributed by atoms with van der Waals surface area (Å²) in [5.41, 5.74) is 3.43. The Hall–Kier alpha value is -2.47. The molecule has 2 aliphatic heterocycles. The van der Waals surface area contributed by atoms with Gasteiger partial charge in [0.2, 0.25) is 0 Å². The van der Waals surface area contributed by atoms with Crippen LogP contribution < -0.4 is 10.2 Å². The van der Waals surface area contributed by atoms with Crippen LogP contribution in [0.15, 0.2) is 36.4 Å². The van der Waals surface area contributed by atoms with Crippen molar-refractivity contribution in [3.63, 3.8) is 0 Å². The predicted molar refractivity (Wildman–Crippen MR) is 113 cm³/mol. The first-order valence-electron chi connectivity index (χ1n) is 9.03. The molecule has 0 saturated carbocycles. The van der Waals surface area contributed by atoms with E-state index in [9.17, 15) is 9.59 Å². The summed E-state index contributed by atoms with van der Waals surface area (Å²) in [4.78, 5) is 28.6. The highest BCUT2D eigenvalue weighted by atomic mass is 32.1. The van der Waals surface area contributed by atoms with Gasteiger partial charge in [-0.3, -0.25) is 19.8 Å². The maximum Gasteiger partial charge on any atom is 0.265 e. The molecule has 0 aromatic heterocycles. The lowest BCUT2D eigenvalue weighted by atomic mass is 9.80. The number of amides is 2. The minimum atomic E-state index is -0.464. The van der Waals surface area contributed by atoms with E-state index in [1.807, 2.05) is 6.07 Å². The smallest absolute Gasteiger partial charge is 0.265 e. The Balaban J connectivity index is 1.99. The van der Waals surface area contributed by atoms with Crippen LogP contribution in [0.4, 0.5) is 5.69 Å². The molecule has 0 radical (unpaired) electrons. The second-order valence-corrected chi connectivity index (χ2v) is 8.20. The fourth-order valence-electron chi connectivity index (χ4n) is 3.84. The molecule has 1 saturated heterocycles. The van der Waals surface area contributed by atoms with Gasteiger partial charge in [0.1, 0.15) is 5.57 Å². The third-order valence-electron chi connectivity index (χ3n) is 5.47. The van der Waals surface area contributed by atoms with Gasteiger partial charge in [0, 0.05) is 24.8 Å². The van der Waals surface area contributed by atoms with Crippen LogP contribution in [0, 0.1) is 0 Å².